The maximum atomic E-state index is 11.4. The lowest BCUT2D eigenvalue weighted by Gasteiger charge is -2.05. The molecule has 1 N–H and O–H groups in total. The predicted octanol–water partition coefficient (Wildman–Crippen LogP) is 4.23. The minimum atomic E-state index is -0.919. The van der Waals surface area contributed by atoms with Crippen molar-refractivity contribution in [1.82, 2.24) is 0 Å². The lowest BCUT2D eigenvalue weighted by molar-refractivity contribution is -0.130. The maximum Gasteiger partial charge on any atom is 0.336 e. The number of aliphatic carboxylic acids is 1. The molecule has 0 heterocycles. The van der Waals surface area contributed by atoms with Crippen molar-refractivity contribution in [2.24, 2.45) is 0 Å². The zero-order chi connectivity index (χ0) is 14.3. The molecule has 2 heteroatoms. The van der Waals surface area contributed by atoms with Crippen LogP contribution in [0.1, 0.15) is 19.4 Å². The van der Waals surface area contributed by atoms with E-state index in [9.17, 15) is 9.90 Å². The highest BCUT2D eigenvalue weighted by atomic mass is 16.4. The second-order valence-electron chi connectivity index (χ2n) is 4.20. The number of hydrogen-bond donors (Lipinski definition) is 1. The highest BCUT2D eigenvalue weighted by Gasteiger charge is 2.11. The summed E-state index contributed by atoms with van der Waals surface area (Å²) < 4.78 is 0. The maximum absolute atomic E-state index is 11.4. The quantitative estimate of drug-likeness (QED) is 0.630. The first-order valence-corrected chi connectivity index (χ1v) is 6.03. The van der Waals surface area contributed by atoms with Gasteiger partial charge >= 0.3 is 5.97 Å². The van der Waals surface area contributed by atoms with Gasteiger partial charge in [-0.2, -0.15) is 0 Å². The SMILES string of the molecule is C=CC(C)=CC=CC(C)=C(C(=O)O)c1ccccc1. The Kier molecular flexibility index (Phi) is 5.55. The Morgan fingerprint density at radius 2 is 1.84 bits per heavy atom. The molecule has 0 saturated carbocycles. The van der Waals surface area contributed by atoms with E-state index in [1.807, 2.05) is 37.3 Å². The van der Waals surface area contributed by atoms with Crippen molar-refractivity contribution in [2.75, 3.05) is 0 Å². The number of hydrogen-bond acceptors (Lipinski definition) is 1. The summed E-state index contributed by atoms with van der Waals surface area (Å²) >= 11 is 0. The van der Waals surface area contributed by atoms with Gasteiger partial charge < -0.3 is 5.11 Å². The van der Waals surface area contributed by atoms with Gasteiger partial charge in [-0.3, -0.25) is 0 Å². The van der Waals surface area contributed by atoms with E-state index in [2.05, 4.69) is 6.58 Å². The molecule has 1 aromatic carbocycles. The first-order valence-electron chi connectivity index (χ1n) is 6.03. The molecule has 0 fully saturated rings. The van der Waals surface area contributed by atoms with Gasteiger partial charge in [-0.15, -0.1) is 0 Å². The van der Waals surface area contributed by atoms with Crippen LogP contribution in [-0.4, -0.2) is 11.1 Å². The Morgan fingerprint density at radius 1 is 1.21 bits per heavy atom. The summed E-state index contributed by atoms with van der Waals surface area (Å²) in [6.07, 6.45) is 7.27. The second kappa shape index (κ2) is 7.17. The molecule has 1 rings (SSSR count). The molecule has 0 saturated heterocycles. The molecule has 0 amide bonds. The second-order valence-corrected chi connectivity index (χ2v) is 4.20. The number of allylic oxidation sites excluding steroid dienone is 6. The predicted molar refractivity (Wildman–Crippen MR) is 79.8 cm³/mol. The largest absolute Gasteiger partial charge is 0.478 e. The van der Waals surface area contributed by atoms with Gasteiger partial charge in [0.25, 0.3) is 0 Å². The van der Waals surface area contributed by atoms with E-state index in [-0.39, 0.29) is 0 Å². The Hall–Kier alpha value is -2.35. The van der Waals surface area contributed by atoms with Gasteiger partial charge in [0.15, 0.2) is 0 Å². The topological polar surface area (TPSA) is 37.3 Å². The third-order valence-electron chi connectivity index (χ3n) is 2.70. The zero-order valence-electron chi connectivity index (χ0n) is 11.3. The van der Waals surface area contributed by atoms with Crippen LogP contribution in [0, 0.1) is 0 Å². The van der Waals surface area contributed by atoms with E-state index in [4.69, 9.17) is 0 Å². The molecule has 0 aliphatic heterocycles. The van der Waals surface area contributed by atoms with Crippen molar-refractivity contribution in [3.63, 3.8) is 0 Å². The number of benzene rings is 1. The van der Waals surface area contributed by atoms with Crippen molar-refractivity contribution in [3.05, 3.63) is 77.9 Å². The van der Waals surface area contributed by atoms with Crippen molar-refractivity contribution in [3.8, 4) is 0 Å². The molecule has 0 aliphatic carbocycles. The Bertz CT molecular complexity index is 546. The number of carboxylic acid groups (broad SMARTS) is 1. The molecular formula is C17H18O2. The molecule has 19 heavy (non-hydrogen) atoms. The van der Waals surface area contributed by atoms with Gasteiger partial charge in [0.05, 0.1) is 5.57 Å². The lowest BCUT2D eigenvalue weighted by atomic mass is 10.0. The molecule has 0 aromatic heterocycles. The molecule has 0 spiro atoms. The van der Waals surface area contributed by atoms with Gasteiger partial charge in [-0.25, -0.2) is 4.79 Å². The minimum absolute atomic E-state index is 0.321. The first-order chi connectivity index (χ1) is 9.06. The smallest absolute Gasteiger partial charge is 0.336 e. The normalized spacial score (nSPS) is 13.3. The fourth-order valence-corrected chi connectivity index (χ4v) is 1.62. The summed E-state index contributed by atoms with van der Waals surface area (Å²) in [4.78, 5) is 11.4. The van der Waals surface area contributed by atoms with Crippen LogP contribution in [0.15, 0.2) is 72.4 Å². The van der Waals surface area contributed by atoms with Gasteiger partial charge in [0.2, 0.25) is 0 Å². The summed E-state index contributed by atoms with van der Waals surface area (Å²) in [5.74, 6) is -0.919. The van der Waals surface area contributed by atoms with Crippen LogP contribution in [0.25, 0.3) is 5.57 Å². The number of rotatable bonds is 5. The zero-order valence-corrected chi connectivity index (χ0v) is 11.3. The Morgan fingerprint density at radius 3 is 2.37 bits per heavy atom. The molecule has 98 valence electrons. The van der Waals surface area contributed by atoms with Crippen molar-refractivity contribution >= 4 is 11.5 Å². The minimum Gasteiger partial charge on any atom is -0.478 e. The summed E-state index contributed by atoms with van der Waals surface area (Å²) in [5.41, 5.74) is 2.77. The van der Waals surface area contributed by atoms with Crippen LogP contribution < -0.4 is 0 Å². The van der Waals surface area contributed by atoms with Gasteiger partial charge in [0.1, 0.15) is 0 Å². The summed E-state index contributed by atoms with van der Waals surface area (Å²) in [6, 6.07) is 9.12. The standard InChI is InChI=1S/C17H18O2/c1-4-13(2)9-8-10-14(3)16(17(18)19)15-11-6-5-7-12-15/h4-12H,1H2,2-3H3,(H,18,19). The van der Waals surface area contributed by atoms with Crippen LogP contribution in [0.5, 0.6) is 0 Å². The third-order valence-corrected chi connectivity index (χ3v) is 2.70. The Labute approximate surface area is 114 Å². The van der Waals surface area contributed by atoms with E-state index >= 15 is 0 Å². The highest BCUT2D eigenvalue weighted by Crippen LogP contribution is 2.19. The lowest BCUT2D eigenvalue weighted by Crippen LogP contribution is -2.01. The molecule has 2 nitrogen and oxygen atoms in total. The van der Waals surface area contributed by atoms with E-state index in [0.717, 1.165) is 5.57 Å². The fourth-order valence-electron chi connectivity index (χ4n) is 1.62. The average Bonchev–Trinajstić information content (AvgIpc) is 2.39. The summed E-state index contributed by atoms with van der Waals surface area (Å²) in [6.45, 7) is 7.39. The average molecular weight is 254 g/mol. The van der Waals surface area contributed by atoms with Crippen molar-refractivity contribution < 1.29 is 9.90 Å². The van der Waals surface area contributed by atoms with E-state index < -0.39 is 5.97 Å². The molecule has 0 bridgehead atoms. The van der Waals surface area contributed by atoms with Crippen LogP contribution in [0.4, 0.5) is 0 Å². The molecule has 0 radical (unpaired) electrons. The van der Waals surface area contributed by atoms with E-state index in [1.165, 1.54) is 0 Å². The molecule has 1 aromatic rings. The van der Waals surface area contributed by atoms with Crippen LogP contribution >= 0.6 is 0 Å². The Balaban J connectivity index is 3.14. The first kappa shape index (κ1) is 14.7. The molecular weight excluding hydrogens is 236 g/mol. The number of carbonyl (C=O) groups is 1. The van der Waals surface area contributed by atoms with E-state index in [1.54, 1.807) is 31.2 Å². The van der Waals surface area contributed by atoms with Crippen LogP contribution in [0.2, 0.25) is 0 Å². The molecule has 0 aliphatic rings. The fraction of sp³-hybridized carbons (Fsp3) is 0.118. The molecule has 0 unspecified atom stereocenters. The van der Waals surface area contributed by atoms with Gasteiger partial charge in [-0.1, -0.05) is 66.8 Å². The van der Waals surface area contributed by atoms with E-state index in [0.29, 0.717) is 16.7 Å². The van der Waals surface area contributed by atoms with Crippen LogP contribution in [0.3, 0.4) is 0 Å². The van der Waals surface area contributed by atoms with Gasteiger partial charge in [0, 0.05) is 0 Å². The van der Waals surface area contributed by atoms with Crippen molar-refractivity contribution in [1.29, 1.82) is 0 Å². The van der Waals surface area contributed by atoms with Gasteiger partial charge in [-0.05, 0) is 25.0 Å². The van der Waals surface area contributed by atoms with Crippen molar-refractivity contribution in [2.45, 2.75) is 13.8 Å². The summed E-state index contributed by atoms with van der Waals surface area (Å²) in [7, 11) is 0. The summed E-state index contributed by atoms with van der Waals surface area (Å²) in [5, 5.41) is 9.33. The highest BCUT2D eigenvalue weighted by molar-refractivity contribution is 6.16. The number of carboxylic acids is 1. The van der Waals surface area contributed by atoms with Crippen LogP contribution in [-0.2, 0) is 4.79 Å². The monoisotopic (exact) mass is 254 g/mol. The molecule has 0 atom stereocenters. The third kappa shape index (κ3) is 4.43.